The van der Waals surface area contributed by atoms with Crippen molar-refractivity contribution in [3.05, 3.63) is 52.2 Å². The first-order valence-corrected chi connectivity index (χ1v) is 12.4. The number of carbonyl (C=O) groups excluding carboxylic acids is 2. The molecule has 0 saturated heterocycles. The number of allylic oxidation sites excluding steroid dienone is 1. The Hall–Kier alpha value is -2.74. The number of aliphatic imine (C=N–C) groups is 1. The predicted molar refractivity (Wildman–Crippen MR) is 130 cm³/mol. The minimum atomic E-state index is -0.449. The molecule has 8 heteroatoms. The highest BCUT2D eigenvalue weighted by Crippen LogP contribution is 2.45. The highest BCUT2D eigenvalue weighted by molar-refractivity contribution is 8.16. The van der Waals surface area contributed by atoms with Crippen LogP contribution in [-0.4, -0.2) is 41.7 Å². The predicted octanol–water partition coefficient (Wildman–Crippen LogP) is 4.67. The average Bonchev–Trinajstić information content (AvgIpc) is 3.20. The van der Waals surface area contributed by atoms with Crippen LogP contribution < -0.4 is 10.1 Å². The topological polar surface area (TPSA) is 80.2 Å². The molecule has 1 aliphatic carbocycles. The zero-order valence-electron chi connectivity index (χ0n) is 19.4. The van der Waals surface area contributed by atoms with E-state index >= 15 is 0 Å². The Bertz CT molecular complexity index is 1010. The summed E-state index contributed by atoms with van der Waals surface area (Å²) in [6.45, 7) is 3.90. The molecule has 0 spiro atoms. The summed E-state index contributed by atoms with van der Waals surface area (Å²) in [5.41, 5.74) is 2.82. The molecule has 4 rings (SSSR count). The number of hydrogen-bond donors (Lipinski definition) is 1. The maximum atomic E-state index is 13.0. The van der Waals surface area contributed by atoms with E-state index in [2.05, 4.69) is 10.3 Å². The molecule has 1 saturated carbocycles. The van der Waals surface area contributed by atoms with Crippen molar-refractivity contribution in [2.75, 3.05) is 13.7 Å². The summed E-state index contributed by atoms with van der Waals surface area (Å²) in [6.07, 6.45) is 5.88. The molecule has 1 aromatic carbocycles. The second kappa shape index (κ2) is 10.5. The first-order chi connectivity index (χ1) is 16.0. The Morgan fingerprint density at radius 1 is 1.24 bits per heavy atom. The monoisotopic (exact) mass is 469 g/mol. The Balaban J connectivity index is 1.64. The van der Waals surface area contributed by atoms with Crippen LogP contribution in [0.5, 0.6) is 5.75 Å². The third-order valence-corrected chi connectivity index (χ3v) is 7.11. The molecule has 3 aliphatic rings. The first-order valence-electron chi connectivity index (χ1n) is 11.6. The standard InChI is InChI=1S/C25H31N3O4S/c1-4-32-24(30)22-16(2)26-25-28(23(22)17-9-8-12-20(13-17)31-3)19(15-33-25)14-21(29)27-18-10-6-5-7-11-18/h8-9,12-13,15,18,23H,4-7,10-11,14H2,1-3H3,(H,27,29)/t23-/m1/s1. The minimum Gasteiger partial charge on any atom is -0.497 e. The van der Waals surface area contributed by atoms with E-state index in [1.54, 1.807) is 14.0 Å². The summed E-state index contributed by atoms with van der Waals surface area (Å²) in [5, 5.41) is 5.92. The molecule has 2 heterocycles. The fourth-order valence-electron chi connectivity index (χ4n) is 4.66. The van der Waals surface area contributed by atoms with Gasteiger partial charge in [0.1, 0.15) is 5.75 Å². The van der Waals surface area contributed by atoms with E-state index in [1.807, 2.05) is 41.5 Å². The number of nitrogens with one attached hydrogen (secondary N) is 1. The maximum Gasteiger partial charge on any atom is 0.338 e. The molecule has 0 aromatic heterocycles. The van der Waals surface area contributed by atoms with Crippen molar-refractivity contribution in [3.8, 4) is 5.75 Å². The van der Waals surface area contributed by atoms with Crippen molar-refractivity contribution in [1.29, 1.82) is 0 Å². The highest BCUT2D eigenvalue weighted by Gasteiger charge is 2.41. The fourth-order valence-corrected chi connectivity index (χ4v) is 5.62. The van der Waals surface area contributed by atoms with Crippen molar-refractivity contribution < 1.29 is 19.1 Å². The molecule has 33 heavy (non-hydrogen) atoms. The number of rotatable bonds is 7. The van der Waals surface area contributed by atoms with Crippen LogP contribution in [0.25, 0.3) is 0 Å². The Morgan fingerprint density at radius 3 is 2.76 bits per heavy atom. The molecule has 0 bridgehead atoms. The van der Waals surface area contributed by atoms with Crippen molar-refractivity contribution in [3.63, 3.8) is 0 Å². The lowest BCUT2D eigenvalue weighted by molar-refractivity contribution is -0.139. The van der Waals surface area contributed by atoms with Crippen LogP contribution in [0.15, 0.2) is 51.6 Å². The minimum absolute atomic E-state index is 0.00310. The normalized spacial score (nSPS) is 20.7. The molecule has 1 fully saturated rings. The molecule has 0 radical (unpaired) electrons. The number of carbonyl (C=O) groups is 2. The Morgan fingerprint density at radius 2 is 2.03 bits per heavy atom. The molecule has 2 aliphatic heterocycles. The highest BCUT2D eigenvalue weighted by atomic mass is 32.2. The van der Waals surface area contributed by atoms with E-state index in [0.29, 0.717) is 17.0 Å². The van der Waals surface area contributed by atoms with Crippen molar-refractivity contribution in [2.45, 2.75) is 64.5 Å². The lowest BCUT2D eigenvalue weighted by Gasteiger charge is -2.36. The number of hydrogen-bond acceptors (Lipinski definition) is 7. The molecule has 7 nitrogen and oxygen atoms in total. The number of fused-ring (bicyclic) bond motifs is 1. The number of esters is 1. The van der Waals surface area contributed by atoms with Crippen LogP contribution in [0.1, 0.15) is 64.0 Å². The van der Waals surface area contributed by atoms with Crippen LogP contribution in [-0.2, 0) is 14.3 Å². The van der Waals surface area contributed by atoms with Gasteiger partial charge in [-0.3, -0.25) is 4.79 Å². The van der Waals surface area contributed by atoms with Crippen molar-refractivity contribution in [1.82, 2.24) is 10.2 Å². The molecule has 1 N–H and O–H groups in total. The SMILES string of the molecule is CCOC(=O)C1=C(C)N=C2SC=C(CC(=O)NC3CCCCC3)N2[C@@H]1c1cccc(OC)c1. The first kappa shape index (κ1) is 23.4. The van der Waals surface area contributed by atoms with Crippen LogP contribution in [0.2, 0.25) is 0 Å². The molecule has 0 unspecified atom stereocenters. The third-order valence-electron chi connectivity index (χ3n) is 6.22. The lowest BCUT2D eigenvalue weighted by atomic mass is 9.93. The molecule has 1 amide bonds. The van der Waals surface area contributed by atoms with Gasteiger partial charge in [-0.15, -0.1) is 0 Å². The van der Waals surface area contributed by atoms with Crippen LogP contribution in [0.3, 0.4) is 0 Å². The quantitative estimate of drug-likeness (QED) is 0.585. The van der Waals surface area contributed by atoms with E-state index in [4.69, 9.17) is 9.47 Å². The van der Waals surface area contributed by atoms with Crippen molar-refractivity contribution in [2.24, 2.45) is 4.99 Å². The van der Waals surface area contributed by atoms with Gasteiger partial charge in [0, 0.05) is 11.7 Å². The van der Waals surface area contributed by atoms with Gasteiger partial charge in [0.25, 0.3) is 0 Å². The largest absolute Gasteiger partial charge is 0.497 e. The number of ether oxygens (including phenoxy) is 2. The Labute approximate surface area is 199 Å². The summed E-state index contributed by atoms with van der Waals surface area (Å²) in [7, 11) is 1.62. The second-order valence-corrected chi connectivity index (χ2v) is 9.31. The molecule has 176 valence electrons. The fraction of sp³-hybridized carbons (Fsp3) is 0.480. The van der Waals surface area contributed by atoms with Gasteiger partial charge in [-0.05, 0) is 49.8 Å². The van der Waals surface area contributed by atoms with Gasteiger partial charge < -0.3 is 19.7 Å². The summed E-state index contributed by atoms with van der Waals surface area (Å²) in [4.78, 5) is 32.6. The number of benzene rings is 1. The van der Waals surface area contributed by atoms with E-state index in [1.165, 1.54) is 18.2 Å². The van der Waals surface area contributed by atoms with Gasteiger partial charge in [0.2, 0.25) is 5.91 Å². The molecular formula is C25H31N3O4S. The van der Waals surface area contributed by atoms with Gasteiger partial charge in [-0.1, -0.05) is 43.2 Å². The summed E-state index contributed by atoms with van der Waals surface area (Å²) >= 11 is 1.48. The molecule has 1 aromatic rings. The maximum absolute atomic E-state index is 13.0. The smallest absolute Gasteiger partial charge is 0.338 e. The zero-order valence-corrected chi connectivity index (χ0v) is 20.2. The third kappa shape index (κ3) is 5.11. The van der Waals surface area contributed by atoms with Gasteiger partial charge in [0.15, 0.2) is 5.17 Å². The van der Waals surface area contributed by atoms with Gasteiger partial charge >= 0.3 is 5.97 Å². The molecular weight excluding hydrogens is 438 g/mol. The number of nitrogens with zero attached hydrogens (tertiary/aromatic N) is 2. The van der Waals surface area contributed by atoms with Crippen LogP contribution in [0.4, 0.5) is 0 Å². The average molecular weight is 470 g/mol. The van der Waals surface area contributed by atoms with E-state index in [9.17, 15) is 9.59 Å². The second-order valence-electron chi connectivity index (χ2n) is 8.47. The summed E-state index contributed by atoms with van der Waals surface area (Å²) < 4.78 is 10.8. The van der Waals surface area contributed by atoms with Gasteiger partial charge in [-0.25, -0.2) is 9.79 Å². The van der Waals surface area contributed by atoms with E-state index in [-0.39, 0.29) is 25.0 Å². The lowest BCUT2D eigenvalue weighted by Crippen LogP contribution is -2.40. The van der Waals surface area contributed by atoms with Gasteiger partial charge in [-0.2, -0.15) is 0 Å². The van der Waals surface area contributed by atoms with Crippen LogP contribution in [0, 0.1) is 0 Å². The van der Waals surface area contributed by atoms with Crippen molar-refractivity contribution >= 4 is 28.8 Å². The number of methoxy groups -OCH3 is 1. The number of amides is 1. The number of amidine groups is 1. The van der Waals surface area contributed by atoms with Crippen LogP contribution >= 0.6 is 11.8 Å². The summed E-state index contributed by atoms with van der Waals surface area (Å²) in [6, 6.07) is 7.46. The van der Waals surface area contributed by atoms with Gasteiger partial charge in [0.05, 0.1) is 37.4 Å². The molecule has 1 atom stereocenters. The van der Waals surface area contributed by atoms with E-state index in [0.717, 1.165) is 42.1 Å². The van der Waals surface area contributed by atoms with E-state index < -0.39 is 12.0 Å². The number of thioether (sulfide) groups is 1. The summed E-state index contributed by atoms with van der Waals surface area (Å²) in [5.74, 6) is 0.307. The Kier molecular flexibility index (Phi) is 7.42. The zero-order chi connectivity index (χ0) is 23.4.